The molecule has 0 aromatic heterocycles. The topological polar surface area (TPSA) is 55.1 Å². The van der Waals surface area contributed by atoms with Crippen molar-refractivity contribution in [3.05, 3.63) is 35.6 Å². The van der Waals surface area contributed by atoms with Crippen LogP contribution in [0.5, 0.6) is 0 Å². The number of nitrogens with two attached hydrogens (primary N) is 1. The molecule has 0 saturated heterocycles. The highest BCUT2D eigenvalue weighted by molar-refractivity contribution is 5.78. The summed E-state index contributed by atoms with van der Waals surface area (Å²) in [7, 11) is 0. The Morgan fingerprint density at radius 3 is 2.94 bits per heavy atom. The maximum absolute atomic E-state index is 12.9. The number of carbonyl (C=O) groups is 1. The highest BCUT2D eigenvalue weighted by Gasteiger charge is 2.21. The second-order valence-corrected chi connectivity index (χ2v) is 5.05. The Morgan fingerprint density at radius 1 is 1.44 bits per heavy atom. The van der Waals surface area contributed by atoms with E-state index in [1.54, 1.807) is 12.1 Å². The molecule has 1 fully saturated rings. The molecular weight excluding hydrogens is 231 g/mol. The van der Waals surface area contributed by atoms with Crippen LogP contribution in [0.1, 0.15) is 24.8 Å². The molecule has 0 radical (unpaired) electrons. The molecule has 2 unspecified atom stereocenters. The summed E-state index contributed by atoms with van der Waals surface area (Å²) in [5.41, 5.74) is 6.52. The van der Waals surface area contributed by atoms with Gasteiger partial charge in [-0.05, 0) is 42.9 Å². The number of benzene rings is 1. The predicted octanol–water partition coefficient (Wildman–Crippen LogP) is 1.61. The minimum atomic E-state index is -0.304. The molecule has 1 saturated carbocycles. The zero-order chi connectivity index (χ0) is 13.0. The maximum Gasteiger partial charge on any atom is 0.224 e. The van der Waals surface area contributed by atoms with E-state index in [2.05, 4.69) is 5.32 Å². The molecule has 2 atom stereocenters. The van der Waals surface area contributed by atoms with Crippen molar-refractivity contribution < 1.29 is 9.18 Å². The van der Waals surface area contributed by atoms with Gasteiger partial charge >= 0.3 is 0 Å². The molecule has 1 aliphatic carbocycles. The molecule has 0 heterocycles. The van der Waals surface area contributed by atoms with Crippen LogP contribution in [0.15, 0.2) is 24.3 Å². The lowest BCUT2D eigenvalue weighted by Crippen LogP contribution is -2.30. The van der Waals surface area contributed by atoms with Crippen molar-refractivity contribution in [2.45, 2.75) is 31.7 Å². The molecule has 4 heteroatoms. The fourth-order valence-electron chi connectivity index (χ4n) is 2.45. The van der Waals surface area contributed by atoms with Gasteiger partial charge in [0, 0.05) is 12.6 Å². The van der Waals surface area contributed by atoms with Crippen LogP contribution in [-0.2, 0) is 11.2 Å². The summed E-state index contributed by atoms with van der Waals surface area (Å²) in [6.45, 7) is 0.682. The quantitative estimate of drug-likeness (QED) is 0.853. The van der Waals surface area contributed by atoms with Gasteiger partial charge in [-0.25, -0.2) is 4.39 Å². The Labute approximate surface area is 107 Å². The lowest BCUT2D eigenvalue weighted by molar-refractivity contribution is -0.120. The summed E-state index contributed by atoms with van der Waals surface area (Å²) in [5, 5.41) is 2.90. The van der Waals surface area contributed by atoms with Gasteiger partial charge in [-0.15, -0.1) is 0 Å². The van der Waals surface area contributed by atoms with Gasteiger partial charge in [0.1, 0.15) is 5.82 Å². The molecule has 3 nitrogen and oxygen atoms in total. The fourth-order valence-corrected chi connectivity index (χ4v) is 2.45. The number of hydrogen-bond donors (Lipinski definition) is 2. The first kappa shape index (κ1) is 13.0. The minimum Gasteiger partial charge on any atom is -0.356 e. The molecule has 3 N–H and O–H groups in total. The maximum atomic E-state index is 12.9. The van der Waals surface area contributed by atoms with Gasteiger partial charge < -0.3 is 11.1 Å². The molecule has 0 aliphatic heterocycles. The third-order valence-electron chi connectivity index (χ3n) is 3.42. The average molecular weight is 250 g/mol. The van der Waals surface area contributed by atoms with Crippen LogP contribution >= 0.6 is 0 Å². The van der Waals surface area contributed by atoms with E-state index in [0.717, 1.165) is 19.3 Å². The third-order valence-corrected chi connectivity index (χ3v) is 3.42. The average Bonchev–Trinajstić information content (AvgIpc) is 2.73. The Bertz CT molecular complexity index is 422. The molecule has 1 aromatic rings. The third kappa shape index (κ3) is 3.81. The summed E-state index contributed by atoms with van der Waals surface area (Å²) in [4.78, 5) is 11.7. The second-order valence-electron chi connectivity index (χ2n) is 5.05. The van der Waals surface area contributed by atoms with E-state index in [0.29, 0.717) is 18.0 Å². The van der Waals surface area contributed by atoms with Crippen molar-refractivity contribution in [2.75, 3.05) is 6.54 Å². The number of rotatable bonds is 4. The molecule has 98 valence electrons. The minimum absolute atomic E-state index is 0.0546. The molecule has 18 heavy (non-hydrogen) atoms. The SMILES string of the molecule is NC1CCC(CNC(=O)Cc2cccc(F)c2)C1. The smallest absolute Gasteiger partial charge is 0.224 e. The molecule has 0 spiro atoms. The number of carbonyl (C=O) groups excluding carboxylic acids is 1. The van der Waals surface area contributed by atoms with Crippen LogP contribution < -0.4 is 11.1 Å². The number of hydrogen-bond acceptors (Lipinski definition) is 2. The van der Waals surface area contributed by atoms with Gasteiger partial charge in [0.15, 0.2) is 0 Å². The van der Waals surface area contributed by atoms with Crippen molar-refractivity contribution in [3.63, 3.8) is 0 Å². The first-order valence-corrected chi connectivity index (χ1v) is 6.40. The van der Waals surface area contributed by atoms with Crippen LogP contribution in [0, 0.1) is 11.7 Å². The lowest BCUT2D eigenvalue weighted by atomic mass is 10.1. The Hall–Kier alpha value is -1.42. The van der Waals surface area contributed by atoms with Crippen LogP contribution in [0.25, 0.3) is 0 Å². The fraction of sp³-hybridized carbons (Fsp3) is 0.500. The van der Waals surface area contributed by atoms with Gasteiger partial charge in [0.25, 0.3) is 0 Å². The van der Waals surface area contributed by atoms with Crippen LogP contribution in [0.4, 0.5) is 4.39 Å². The van der Waals surface area contributed by atoms with Crippen LogP contribution in [0.3, 0.4) is 0 Å². The zero-order valence-corrected chi connectivity index (χ0v) is 10.4. The normalized spacial score (nSPS) is 23.0. The Morgan fingerprint density at radius 2 is 2.28 bits per heavy atom. The van der Waals surface area contributed by atoms with E-state index in [4.69, 9.17) is 5.73 Å². The molecule has 2 rings (SSSR count). The Kier molecular flexibility index (Phi) is 4.31. The standard InChI is InChI=1S/C14H19FN2O/c15-12-3-1-2-10(6-12)8-14(18)17-9-11-4-5-13(16)7-11/h1-3,6,11,13H,4-5,7-9,16H2,(H,17,18). The van der Waals surface area contributed by atoms with E-state index in [-0.39, 0.29) is 24.2 Å². The number of amides is 1. The lowest BCUT2D eigenvalue weighted by Gasteiger charge is -2.11. The van der Waals surface area contributed by atoms with Crippen molar-refractivity contribution in [3.8, 4) is 0 Å². The van der Waals surface area contributed by atoms with Crippen molar-refractivity contribution >= 4 is 5.91 Å². The molecule has 0 bridgehead atoms. The summed E-state index contributed by atoms with van der Waals surface area (Å²) in [6.07, 6.45) is 3.35. The van der Waals surface area contributed by atoms with Crippen LogP contribution in [0.2, 0.25) is 0 Å². The van der Waals surface area contributed by atoms with Gasteiger partial charge in [0.2, 0.25) is 5.91 Å². The molecule has 1 aliphatic rings. The van der Waals surface area contributed by atoms with Crippen molar-refractivity contribution in [1.29, 1.82) is 0 Å². The summed E-state index contributed by atoms with van der Waals surface area (Å²) < 4.78 is 12.9. The summed E-state index contributed by atoms with van der Waals surface area (Å²) in [5.74, 6) is 0.139. The van der Waals surface area contributed by atoms with Gasteiger partial charge in [-0.2, -0.15) is 0 Å². The van der Waals surface area contributed by atoms with E-state index in [1.165, 1.54) is 12.1 Å². The van der Waals surface area contributed by atoms with Crippen molar-refractivity contribution in [1.82, 2.24) is 5.32 Å². The second kappa shape index (κ2) is 5.96. The summed E-state index contributed by atoms with van der Waals surface area (Å²) in [6, 6.07) is 6.43. The van der Waals surface area contributed by atoms with Crippen molar-refractivity contribution in [2.24, 2.45) is 11.7 Å². The van der Waals surface area contributed by atoms with Gasteiger partial charge in [0.05, 0.1) is 6.42 Å². The highest BCUT2D eigenvalue weighted by Crippen LogP contribution is 2.23. The first-order chi connectivity index (χ1) is 8.63. The van der Waals surface area contributed by atoms with E-state index >= 15 is 0 Å². The first-order valence-electron chi connectivity index (χ1n) is 6.40. The Balaban J connectivity index is 1.75. The number of halogens is 1. The molecule has 1 aromatic carbocycles. The molecule has 1 amide bonds. The predicted molar refractivity (Wildman–Crippen MR) is 68.4 cm³/mol. The van der Waals surface area contributed by atoms with E-state index in [1.807, 2.05) is 0 Å². The van der Waals surface area contributed by atoms with Gasteiger partial charge in [-0.3, -0.25) is 4.79 Å². The van der Waals surface area contributed by atoms with Crippen LogP contribution in [-0.4, -0.2) is 18.5 Å². The zero-order valence-electron chi connectivity index (χ0n) is 10.4. The molecular formula is C14H19FN2O. The van der Waals surface area contributed by atoms with E-state index in [9.17, 15) is 9.18 Å². The van der Waals surface area contributed by atoms with E-state index < -0.39 is 0 Å². The highest BCUT2D eigenvalue weighted by atomic mass is 19.1. The number of nitrogens with one attached hydrogen (secondary N) is 1. The largest absolute Gasteiger partial charge is 0.356 e. The summed E-state index contributed by atoms with van der Waals surface area (Å²) >= 11 is 0. The van der Waals surface area contributed by atoms with Gasteiger partial charge in [-0.1, -0.05) is 12.1 Å². The monoisotopic (exact) mass is 250 g/mol.